The molecule has 0 radical (unpaired) electrons. The minimum atomic E-state index is -1.33. The molecule has 4 rings (SSSR count). The van der Waals surface area contributed by atoms with Crippen LogP contribution >= 0.6 is 11.6 Å². The summed E-state index contributed by atoms with van der Waals surface area (Å²) in [6.45, 7) is 1.30. The van der Waals surface area contributed by atoms with Gasteiger partial charge in [-0.15, -0.1) is 11.6 Å². The molecule has 2 aromatic heterocycles. The van der Waals surface area contributed by atoms with Crippen LogP contribution in [0.3, 0.4) is 0 Å². The number of nitrogens with zero attached hydrogens (tertiary/aromatic N) is 3. The quantitative estimate of drug-likeness (QED) is 0.781. The van der Waals surface area contributed by atoms with Crippen molar-refractivity contribution in [3.05, 3.63) is 33.9 Å². The fourth-order valence-corrected chi connectivity index (χ4v) is 3.82. The monoisotopic (exact) mass is 380 g/mol. The van der Waals surface area contributed by atoms with Gasteiger partial charge in [-0.3, -0.25) is 4.79 Å². The number of hydrogen-bond donors (Lipinski definition) is 2. The van der Waals surface area contributed by atoms with Crippen molar-refractivity contribution in [3.63, 3.8) is 0 Å². The first-order valence-corrected chi connectivity index (χ1v) is 8.92. The van der Waals surface area contributed by atoms with Crippen molar-refractivity contribution in [2.45, 2.75) is 24.3 Å². The Balaban J connectivity index is 1.89. The number of carbonyl (C=O) groups is 1. The molecular formula is C17H18ClFN4O3. The molecule has 1 aliphatic heterocycles. The van der Waals surface area contributed by atoms with Gasteiger partial charge in [-0.1, -0.05) is 0 Å². The van der Waals surface area contributed by atoms with Crippen LogP contribution in [0.4, 0.5) is 10.2 Å². The first-order valence-electron chi connectivity index (χ1n) is 8.48. The van der Waals surface area contributed by atoms with Gasteiger partial charge in [0, 0.05) is 31.2 Å². The van der Waals surface area contributed by atoms with Crippen LogP contribution in [-0.2, 0) is 0 Å². The van der Waals surface area contributed by atoms with E-state index in [1.807, 2.05) is 0 Å². The molecule has 9 heteroatoms. The van der Waals surface area contributed by atoms with Crippen molar-refractivity contribution in [2.24, 2.45) is 11.7 Å². The number of carboxylic acids is 1. The van der Waals surface area contributed by atoms with E-state index in [1.165, 1.54) is 6.20 Å². The van der Waals surface area contributed by atoms with Crippen molar-refractivity contribution in [3.8, 4) is 0 Å². The molecule has 3 heterocycles. The molecule has 138 valence electrons. The maximum atomic E-state index is 14.7. The minimum absolute atomic E-state index is 0.0185. The number of hydrogen-bond acceptors (Lipinski definition) is 5. The van der Waals surface area contributed by atoms with Crippen molar-refractivity contribution in [1.29, 1.82) is 0 Å². The van der Waals surface area contributed by atoms with Crippen LogP contribution in [0.1, 0.15) is 29.2 Å². The Morgan fingerprint density at radius 3 is 2.73 bits per heavy atom. The number of fused-ring (bicyclic) bond motifs is 1. The van der Waals surface area contributed by atoms with E-state index in [0.717, 1.165) is 18.9 Å². The van der Waals surface area contributed by atoms with Gasteiger partial charge in [0.05, 0.1) is 10.8 Å². The number of halogens is 2. The molecule has 2 atom stereocenters. The summed E-state index contributed by atoms with van der Waals surface area (Å²) in [6, 6.07) is 1.17. The second-order valence-electron chi connectivity index (χ2n) is 6.90. The zero-order chi connectivity index (χ0) is 18.6. The van der Waals surface area contributed by atoms with Crippen LogP contribution in [0.25, 0.3) is 11.0 Å². The van der Waals surface area contributed by atoms with Gasteiger partial charge in [-0.25, -0.2) is 14.2 Å². The van der Waals surface area contributed by atoms with E-state index in [0.29, 0.717) is 25.3 Å². The van der Waals surface area contributed by atoms with E-state index >= 15 is 0 Å². The van der Waals surface area contributed by atoms with Gasteiger partial charge in [-0.05, 0) is 25.5 Å². The molecule has 1 saturated heterocycles. The zero-order valence-electron chi connectivity index (χ0n) is 13.9. The topological polar surface area (TPSA) is 101 Å². The third-order valence-corrected chi connectivity index (χ3v) is 5.57. The SMILES string of the molecule is NCC1CN(c2nc3c(cc2F)c(=O)c(C(=O)O)cn3C2CC2)CC1Cl. The number of nitrogens with two attached hydrogens (primary N) is 1. The first kappa shape index (κ1) is 17.2. The van der Waals surface area contributed by atoms with Crippen molar-refractivity contribution in [2.75, 3.05) is 24.5 Å². The van der Waals surface area contributed by atoms with Crippen LogP contribution in [0.5, 0.6) is 0 Å². The lowest BCUT2D eigenvalue weighted by Gasteiger charge is -2.19. The Bertz CT molecular complexity index is 959. The zero-order valence-corrected chi connectivity index (χ0v) is 14.6. The third kappa shape index (κ3) is 2.73. The highest BCUT2D eigenvalue weighted by atomic mass is 35.5. The molecule has 2 aromatic rings. The summed E-state index contributed by atoms with van der Waals surface area (Å²) in [7, 11) is 0. The molecule has 7 nitrogen and oxygen atoms in total. The average Bonchev–Trinajstić information content (AvgIpc) is 3.37. The van der Waals surface area contributed by atoms with E-state index in [1.54, 1.807) is 9.47 Å². The number of pyridine rings is 2. The van der Waals surface area contributed by atoms with Gasteiger partial charge < -0.3 is 20.3 Å². The van der Waals surface area contributed by atoms with Gasteiger partial charge in [0.2, 0.25) is 5.43 Å². The Labute approximate surface area is 153 Å². The number of aromatic carboxylic acids is 1. The number of carboxylic acid groups (broad SMARTS) is 1. The predicted molar refractivity (Wildman–Crippen MR) is 95.6 cm³/mol. The van der Waals surface area contributed by atoms with E-state index in [9.17, 15) is 19.1 Å². The first-order chi connectivity index (χ1) is 12.4. The molecule has 2 unspecified atom stereocenters. The van der Waals surface area contributed by atoms with Gasteiger partial charge in [0.25, 0.3) is 0 Å². The second-order valence-corrected chi connectivity index (χ2v) is 7.46. The van der Waals surface area contributed by atoms with Crippen LogP contribution < -0.4 is 16.1 Å². The summed E-state index contributed by atoms with van der Waals surface area (Å²) in [4.78, 5) is 29.9. The molecular weight excluding hydrogens is 363 g/mol. The smallest absolute Gasteiger partial charge is 0.341 e. The Morgan fingerprint density at radius 1 is 1.42 bits per heavy atom. The summed E-state index contributed by atoms with van der Waals surface area (Å²) in [5, 5.41) is 9.06. The van der Waals surface area contributed by atoms with Crippen molar-refractivity contribution >= 4 is 34.4 Å². The Kier molecular flexibility index (Phi) is 4.11. The second kappa shape index (κ2) is 6.21. The number of alkyl halides is 1. The summed E-state index contributed by atoms with van der Waals surface area (Å²) in [5.41, 5.74) is 4.92. The highest BCUT2D eigenvalue weighted by Crippen LogP contribution is 2.37. The lowest BCUT2D eigenvalue weighted by molar-refractivity contribution is 0.0695. The molecule has 26 heavy (non-hydrogen) atoms. The number of rotatable bonds is 4. The molecule has 0 aromatic carbocycles. The molecule has 2 aliphatic rings. The van der Waals surface area contributed by atoms with Crippen LogP contribution in [-0.4, -0.2) is 45.6 Å². The molecule has 1 saturated carbocycles. The summed E-state index contributed by atoms with van der Waals surface area (Å²) in [5.74, 6) is -1.84. The molecule has 0 amide bonds. The molecule has 3 N–H and O–H groups in total. The Hall–Kier alpha value is -2.19. The predicted octanol–water partition coefficient (Wildman–Crippen LogP) is 1.57. The maximum Gasteiger partial charge on any atom is 0.341 e. The lowest BCUT2D eigenvalue weighted by atomic mass is 10.1. The number of anilines is 1. The standard InChI is InChI=1S/C17H18ClFN4O3/c18-12-7-22(5-8(12)4-20)16-13(19)3-10-14(24)11(17(25)26)6-23(9-1-2-9)15(10)21-16/h3,6,8-9,12H,1-2,4-5,7,20H2,(H,25,26). The molecule has 2 fully saturated rings. The Morgan fingerprint density at radius 2 is 2.15 bits per heavy atom. The van der Waals surface area contributed by atoms with E-state index in [-0.39, 0.29) is 34.1 Å². The lowest BCUT2D eigenvalue weighted by Crippen LogP contribution is -2.26. The molecule has 1 aliphatic carbocycles. The fourth-order valence-electron chi connectivity index (χ4n) is 3.47. The molecule has 0 bridgehead atoms. The minimum Gasteiger partial charge on any atom is -0.477 e. The summed E-state index contributed by atoms with van der Waals surface area (Å²) >= 11 is 6.27. The van der Waals surface area contributed by atoms with Gasteiger partial charge in [0.1, 0.15) is 11.2 Å². The highest BCUT2D eigenvalue weighted by Gasteiger charge is 2.34. The normalized spacial score (nSPS) is 23.0. The van der Waals surface area contributed by atoms with Crippen LogP contribution in [0.15, 0.2) is 17.1 Å². The average molecular weight is 381 g/mol. The van der Waals surface area contributed by atoms with Crippen LogP contribution in [0.2, 0.25) is 0 Å². The summed E-state index contributed by atoms with van der Waals surface area (Å²) in [6.07, 6.45) is 3.05. The highest BCUT2D eigenvalue weighted by molar-refractivity contribution is 6.21. The number of aromatic nitrogens is 2. The van der Waals surface area contributed by atoms with E-state index in [2.05, 4.69) is 4.98 Å². The van der Waals surface area contributed by atoms with Gasteiger partial charge in [0.15, 0.2) is 11.6 Å². The van der Waals surface area contributed by atoms with Crippen molar-refractivity contribution < 1.29 is 14.3 Å². The maximum absolute atomic E-state index is 14.7. The van der Waals surface area contributed by atoms with Gasteiger partial charge >= 0.3 is 5.97 Å². The summed E-state index contributed by atoms with van der Waals surface area (Å²) < 4.78 is 16.4. The largest absolute Gasteiger partial charge is 0.477 e. The fraction of sp³-hybridized carbons (Fsp3) is 0.471. The van der Waals surface area contributed by atoms with Crippen molar-refractivity contribution in [1.82, 2.24) is 9.55 Å². The molecule has 0 spiro atoms. The van der Waals surface area contributed by atoms with E-state index < -0.39 is 17.2 Å². The third-order valence-electron chi connectivity index (χ3n) is 5.07. The van der Waals surface area contributed by atoms with Gasteiger partial charge in [-0.2, -0.15) is 0 Å². The van der Waals surface area contributed by atoms with E-state index in [4.69, 9.17) is 17.3 Å². The van der Waals surface area contributed by atoms with Crippen LogP contribution in [0, 0.1) is 11.7 Å².